The average molecular weight is 533 g/mol. The van der Waals surface area contributed by atoms with Gasteiger partial charge in [0.25, 0.3) is 0 Å². The van der Waals surface area contributed by atoms with E-state index in [1.807, 2.05) is 84.5 Å². The van der Waals surface area contributed by atoms with E-state index >= 15 is 0 Å². The summed E-state index contributed by atoms with van der Waals surface area (Å²) in [5, 5.41) is 5.93. The van der Waals surface area contributed by atoms with Crippen molar-refractivity contribution in [2.75, 3.05) is 18.0 Å². The normalized spacial score (nSPS) is 13.9. The van der Waals surface area contributed by atoms with Gasteiger partial charge in [0.2, 0.25) is 11.8 Å². The number of ether oxygens (including phenoxy) is 2. The van der Waals surface area contributed by atoms with Gasteiger partial charge in [0, 0.05) is 43.2 Å². The first-order valence-electron chi connectivity index (χ1n) is 13.7. The van der Waals surface area contributed by atoms with Gasteiger partial charge in [-0.2, -0.15) is 10.1 Å². The van der Waals surface area contributed by atoms with Crippen LogP contribution >= 0.6 is 0 Å². The molecule has 7 nitrogen and oxygen atoms in total. The second-order valence-electron chi connectivity index (χ2n) is 10.2. The van der Waals surface area contributed by atoms with Crippen LogP contribution < -0.4 is 14.4 Å². The number of aldehydes is 1. The molecule has 0 radical (unpaired) electrons. The van der Waals surface area contributed by atoms with Gasteiger partial charge in [0.05, 0.1) is 11.1 Å². The first-order valence-corrected chi connectivity index (χ1v) is 13.7. The molecule has 0 spiro atoms. The number of anilines is 1. The maximum absolute atomic E-state index is 11.2. The molecule has 3 aromatic carbocycles. The summed E-state index contributed by atoms with van der Waals surface area (Å²) in [6.07, 6.45) is 2.88. The highest BCUT2D eigenvalue weighted by atomic mass is 16.5. The Balaban J connectivity index is 1.31. The lowest BCUT2D eigenvalue weighted by Gasteiger charge is -2.31. The zero-order valence-corrected chi connectivity index (χ0v) is 22.6. The number of aromatic nitrogens is 3. The molecular formula is C33H32N4O3. The minimum Gasteiger partial charge on any atom is -0.473 e. The highest BCUT2D eigenvalue weighted by molar-refractivity contribution is 5.96. The van der Waals surface area contributed by atoms with E-state index < -0.39 is 0 Å². The summed E-state index contributed by atoms with van der Waals surface area (Å²) in [6.45, 7) is 2.57. The van der Waals surface area contributed by atoms with Crippen molar-refractivity contribution in [1.29, 1.82) is 0 Å². The molecule has 0 N–H and O–H groups in total. The van der Waals surface area contributed by atoms with Gasteiger partial charge >= 0.3 is 0 Å². The van der Waals surface area contributed by atoms with Gasteiger partial charge in [-0.1, -0.05) is 60.7 Å². The van der Waals surface area contributed by atoms with Crippen LogP contribution in [0.25, 0.3) is 22.2 Å². The molecule has 0 saturated carbocycles. The van der Waals surface area contributed by atoms with Crippen molar-refractivity contribution >= 4 is 22.9 Å². The zero-order valence-electron chi connectivity index (χ0n) is 22.6. The molecule has 202 valence electrons. The average Bonchev–Trinajstić information content (AvgIpc) is 3.35. The Morgan fingerprint density at radius 2 is 1.52 bits per heavy atom. The van der Waals surface area contributed by atoms with E-state index in [1.54, 1.807) is 0 Å². The van der Waals surface area contributed by atoms with Crippen LogP contribution in [-0.2, 0) is 25.1 Å². The Labute approximate surface area is 234 Å². The molecule has 1 saturated heterocycles. The first kappa shape index (κ1) is 25.6. The van der Waals surface area contributed by atoms with Crippen molar-refractivity contribution in [2.45, 2.75) is 26.1 Å². The van der Waals surface area contributed by atoms with Crippen molar-refractivity contribution in [3.05, 3.63) is 102 Å². The van der Waals surface area contributed by atoms with Crippen molar-refractivity contribution in [3.8, 4) is 23.0 Å². The van der Waals surface area contributed by atoms with Gasteiger partial charge in [0.1, 0.15) is 25.2 Å². The lowest BCUT2D eigenvalue weighted by Crippen LogP contribution is -2.34. The smallest absolute Gasteiger partial charge is 0.226 e. The van der Waals surface area contributed by atoms with Crippen molar-refractivity contribution in [2.24, 2.45) is 13.0 Å². The van der Waals surface area contributed by atoms with E-state index in [2.05, 4.69) is 23.1 Å². The summed E-state index contributed by atoms with van der Waals surface area (Å²) in [5.74, 6) is 1.15. The Morgan fingerprint density at radius 1 is 0.850 bits per heavy atom. The van der Waals surface area contributed by atoms with Gasteiger partial charge in [-0.25, -0.2) is 0 Å². The largest absolute Gasteiger partial charge is 0.473 e. The van der Waals surface area contributed by atoms with Crippen LogP contribution in [0.5, 0.6) is 11.8 Å². The number of benzene rings is 3. The fourth-order valence-electron chi connectivity index (χ4n) is 5.19. The van der Waals surface area contributed by atoms with Crippen LogP contribution in [0.1, 0.15) is 24.0 Å². The molecule has 3 heterocycles. The van der Waals surface area contributed by atoms with E-state index in [-0.39, 0.29) is 5.92 Å². The van der Waals surface area contributed by atoms with Gasteiger partial charge in [-0.3, -0.25) is 4.68 Å². The molecule has 2 aromatic heterocycles. The number of nitrogens with zero attached hydrogens (tertiary/aromatic N) is 4. The Morgan fingerprint density at radius 3 is 2.20 bits per heavy atom. The summed E-state index contributed by atoms with van der Waals surface area (Å²) in [6, 6.07) is 30.4. The van der Waals surface area contributed by atoms with Crippen LogP contribution in [0.4, 0.5) is 5.69 Å². The van der Waals surface area contributed by atoms with Crippen molar-refractivity contribution in [3.63, 3.8) is 0 Å². The summed E-state index contributed by atoms with van der Waals surface area (Å²) in [5.41, 5.74) is 5.93. The minimum atomic E-state index is 0.171. The van der Waals surface area contributed by atoms with Gasteiger partial charge in [-0.15, -0.1) is 0 Å². The number of fused-ring (bicyclic) bond motifs is 1. The number of aryl methyl sites for hydroxylation is 1. The number of carbonyl (C=O) groups excluding carboxylic acids is 1. The molecule has 0 atom stereocenters. The van der Waals surface area contributed by atoms with Crippen LogP contribution in [0.15, 0.2) is 91.0 Å². The number of hydrogen-bond acceptors (Lipinski definition) is 6. The SMILES string of the molecule is Cn1nc(-c2ccc(OCc3ccccc3)nc2OCc2ccccc2)c2ccc(N3CCC(C=O)CC3)cc21. The van der Waals surface area contributed by atoms with E-state index in [0.29, 0.717) is 25.0 Å². The molecule has 40 heavy (non-hydrogen) atoms. The van der Waals surface area contributed by atoms with Gasteiger partial charge in [-0.05, 0) is 48.2 Å². The van der Waals surface area contributed by atoms with Crippen molar-refractivity contribution in [1.82, 2.24) is 14.8 Å². The molecule has 7 heteroatoms. The molecule has 0 unspecified atom stereocenters. The van der Waals surface area contributed by atoms with Crippen LogP contribution in [0.2, 0.25) is 0 Å². The second-order valence-corrected chi connectivity index (χ2v) is 10.2. The fourth-order valence-corrected chi connectivity index (χ4v) is 5.19. The standard InChI is InChI=1S/C33H32N4O3/c1-36-30-20-27(37-18-16-24(21-38)17-19-37)12-13-28(30)32(35-36)29-14-15-31(39-22-25-8-4-2-5-9-25)34-33(29)40-23-26-10-6-3-7-11-26/h2-15,20-21,24H,16-19,22-23H2,1H3. The monoisotopic (exact) mass is 532 g/mol. The number of rotatable bonds is 9. The molecule has 5 aromatic rings. The Bertz CT molecular complexity index is 1590. The number of hydrogen-bond donors (Lipinski definition) is 0. The summed E-state index contributed by atoms with van der Waals surface area (Å²) < 4.78 is 14.2. The molecule has 0 amide bonds. The predicted octanol–water partition coefficient (Wildman–Crippen LogP) is 6.21. The van der Waals surface area contributed by atoms with Crippen LogP contribution in [-0.4, -0.2) is 34.1 Å². The fraction of sp³-hybridized carbons (Fsp3) is 0.242. The third-order valence-corrected chi connectivity index (χ3v) is 7.47. The molecular weight excluding hydrogens is 500 g/mol. The number of pyridine rings is 1. The third kappa shape index (κ3) is 5.54. The van der Waals surface area contributed by atoms with E-state index in [1.165, 1.54) is 0 Å². The lowest BCUT2D eigenvalue weighted by molar-refractivity contribution is -0.111. The molecule has 1 aliphatic rings. The number of carbonyl (C=O) groups is 1. The highest BCUT2D eigenvalue weighted by Gasteiger charge is 2.22. The van der Waals surface area contributed by atoms with E-state index in [9.17, 15) is 4.79 Å². The quantitative estimate of drug-likeness (QED) is 0.210. The van der Waals surface area contributed by atoms with Crippen LogP contribution in [0.3, 0.4) is 0 Å². The topological polar surface area (TPSA) is 69.5 Å². The summed E-state index contributed by atoms with van der Waals surface area (Å²) in [7, 11) is 1.96. The van der Waals surface area contributed by atoms with E-state index in [4.69, 9.17) is 19.6 Å². The van der Waals surface area contributed by atoms with Crippen LogP contribution in [0, 0.1) is 5.92 Å². The van der Waals surface area contributed by atoms with E-state index in [0.717, 1.165) is 71.2 Å². The number of piperidine rings is 1. The first-order chi connectivity index (χ1) is 19.7. The van der Waals surface area contributed by atoms with Crippen molar-refractivity contribution < 1.29 is 14.3 Å². The molecule has 0 aliphatic carbocycles. The maximum Gasteiger partial charge on any atom is 0.226 e. The maximum atomic E-state index is 11.2. The zero-order chi connectivity index (χ0) is 27.3. The van der Waals surface area contributed by atoms with Gasteiger partial charge < -0.3 is 19.2 Å². The minimum absolute atomic E-state index is 0.171. The second kappa shape index (κ2) is 11.6. The Kier molecular flexibility index (Phi) is 7.44. The highest BCUT2D eigenvalue weighted by Crippen LogP contribution is 2.37. The molecule has 1 aliphatic heterocycles. The van der Waals surface area contributed by atoms with Gasteiger partial charge in [0.15, 0.2) is 0 Å². The summed E-state index contributed by atoms with van der Waals surface area (Å²) in [4.78, 5) is 18.3. The molecule has 6 rings (SSSR count). The molecule has 1 fully saturated rings. The molecule has 0 bridgehead atoms. The Hall–Kier alpha value is -4.65. The third-order valence-electron chi connectivity index (χ3n) is 7.47. The summed E-state index contributed by atoms with van der Waals surface area (Å²) >= 11 is 0. The lowest BCUT2D eigenvalue weighted by atomic mass is 9.98. The predicted molar refractivity (Wildman–Crippen MR) is 156 cm³/mol.